The van der Waals surface area contributed by atoms with Gasteiger partial charge in [0.15, 0.2) is 0 Å². The number of aliphatic hydroxyl groups excluding tert-OH is 1. The fourth-order valence-corrected chi connectivity index (χ4v) is 3.72. The van der Waals surface area contributed by atoms with Crippen molar-refractivity contribution < 1.29 is 13.5 Å². The largest absolute Gasteiger partial charge is 0.397 e. The third-order valence-electron chi connectivity index (χ3n) is 3.08. The number of nitrogens with two attached hydrogens (primary N) is 1. The van der Waals surface area contributed by atoms with E-state index in [1.54, 1.807) is 6.92 Å². The molecule has 1 aromatic rings. The number of rotatable bonds is 3. The van der Waals surface area contributed by atoms with Crippen molar-refractivity contribution in [3.8, 4) is 0 Å². The van der Waals surface area contributed by atoms with Crippen LogP contribution in [0.5, 0.6) is 0 Å². The monoisotopic (exact) mass is 290 g/mol. The molecule has 0 aromatic heterocycles. The summed E-state index contributed by atoms with van der Waals surface area (Å²) in [5, 5.41) is 9.29. The van der Waals surface area contributed by atoms with Crippen LogP contribution < -0.4 is 5.73 Å². The van der Waals surface area contributed by atoms with Crippen molar-refractivity contribution in [2.75, 3.05) is 25.4 Å². The zero-order chi connectivity index (χ0) is 13.5. The first-order valence-electron chi connectivity index (χ1n) is 5.53. The normalized spacial score (nSPS) is 17.7. The highest BCUT2D eigenvalue weighted by molar-refractivity contribution is 7.89. The zero-order valence-corrected chi connectivity index (χ0v) is 11.5. The minimum Gasteiger partial charge on any atom is -0.397 e. The lowest BCUT2D eigenvalue weighted by Crippen LogP contribution is -2.51. The Kier molecular flexibility index (Phi) is 3.55. The van der Waals surface area contributed by atoms with E-state index in [4.69, 9.17) is 22.4 Å². The van der Waals surface area contributed by atoms with Gasteiger partial charge in [-0.25, -0.2) is 8.42 Å². The fourth-order valence-electron chi connectivity index (χ4n) is 1.89. The Morgan fingerprint density at radius 1 is 1.50 bits per heavy atom. The quantitative estimate of drug-likeness (QED) is 0.808. The van der Waals surface area contributed by atoms with Crippen LogP contribution in [0.4, 0.5) is 5.69 Å². The highest BCUT2D eigenvalue weighted by atomic mass is 35.5. The average molecular weight is 291 g/mol. The molecule has 2 rings (SSSR count). The minimum absolute atomic E-state index is 0.00774. The highest BCUT2D eigenvalue weighted by Crippen LogP contribution is 2.30. The van der Waals surface area contributed by atoms with E-state index in [9.17, 15) is 8.42 Å². The van der Waals surface area contributed by atoms with E-state index in [0.29, 0.717) is 23.7 Å². The minimum atomic E-state index is -3.52. The first-order chi connectivity index (χ1) is 8.36. The topological polar surface area (TPSA) is 83.6 Å². The Morgan fingerprint density at radius 2 is 2.11 bits per heavy atom. The van der Waals surface area contributed by atoms with Crippen LogP contribution in [0.2, 0.25) is 5.02 Å². The number of anilines is 1. The summed E-state index contributed by atoms with van der Waals surface area (Å²) in [6, 6.07) is 2.89. The van der Waals surface area contributed by atoms with E-state index in [1.165, 1.54) is 16.4 Å². The van der Waals surface area contributed by atoms with Gasteiger partial charge in [-0.3, -0.25) is 0 Å². The molecule has 0 atom stereocenters. The van der Waals surface area contributed by atoms with Crippen molar-refractivity contribution in [3.05, 3.63) is 22.7 Å². The van der Waals surface area contributed by atoms with Crippen molar-refractivity contribution >= 4 is 27.3 Å². The van der Waals surface area contributed by atoms with Crippen molar-refractivity contribution in [2.45, 2.75) is 11.8 Å². The second-order valence-corrected chi connectivity index (χ2v) is 6.83. The van der Waals surface area contributed by atoms with Crippen LogP contribution in [0, 0.1) is 12.8 Å². The molecular weight excluding hydrogens is 276 g/mol. The fraction of sp³-hybridized carbons (Fsp3) is 0.455. The van der Waals surface area contributed by atoms with Gasteiger partial charge in [0.05, 0.1) is 15.6 Å². The van der Waals surface area contributed by atoms with Gasteiger partial charge < -0.3 is 10.8 Å². The van der Waals surface area contributed by atoms with Gasteiger partial charge in [-0.15, -0.1) is 0 Å². The third-order valence-corrected chi connectivity index (χ3v) is 5.40. The number of nitrogens with zero attached hydrogens (tertiary/aromatic N) is 1. The maximum absolute atomic E-state index is 12.2. The predicted molar refractivity (Wildman–Crippen MR) is 69.9 cm³/mol. The van der Waals surface area contributed by atoms with E-state index in [1.807, 2.05) is 0 Å². The van der Waals surface area contributed by atoms with Crippen LogP contribution in [0.1, 0.15) is 5.56 Å². The van der Waals surface area contributed by atoms with Gasteiger partial charge in [0.2, 0.25) is 10.0 Å². The molecule has 100 valence electrons. The Labute approximate surface area is 111 Å². The van der Waals surface area contributed by atoms with E-state index < -0.39 is 10.0 Å². The molecule has 3 N–H and O–H groups in total. The number of hydrogen-bond acceptors (Lipinski definition) is 4. The molecule has 18 heavy (non-hydrogen) atoms. The molecule has 1 aliphatic heterocycles. The highest BCUT2D eigenvalue weighted by Gasteiger charge is 2.36. The molecule has 1 saturated heterocycles. The molecule has 7 heteroatoms. The second kappa shape index (κ2) is 4.70. The molecule has 1 fully saturated rings. The number of sulfonamides is 1. The molecule has 0 spiro atoms. The zero-order valence-electron chi connectivity index (χ0n) is 9.93. The summed E-state index contributed by atoms with van der Waals surface area (Å²) in [6.07, 6.45) is 0. The Balaban J connectivity index is 2.32. The SMILES string of the molecule is Cc1cc(S(=O)(=O)N2CC(CO)C2)cc(N)c1Cl. The van der Waals surface area contributed by atoms with E-state index in [2.05, 4.69) is 0 Å². The van der Waals surface area contributed by atoms with Crippen LogP contribution in [0.3, 0.4) is 0 Å². The summed E-state index contributed by atoms with van der Waals surface area (Å²) < 4.78 is 25.8. The van der Waals surface area contributed by atoms with Gasteiger partial charge in [0, 0.05) is 25.6 Å². The third kappa shape index (κ3) is 2.21. The van der Waals surface area contributed by atoms with Crippen LogP contribution in [-0.4, -0.2) is 37.5 Å². The van der Waals surface area contributed by atoms with Crippen molar-refractivity contribution in [1.29, 1.82) is 0 Å². The van der Waals surface area contributed by atoms with E-state index >= 15 is 0 Å². The summed E-state index contributed by atoms with van der Waals surface area (Å²) in [5.74, 6) is 0.0329. The van der Waals surface area contributed by atoms with Crippen LogP contribution in [0.15, 0.2) is 17.0 Å². The van der Waals surface area contributed by atoms with Gasteiger partial charge in [-0.1, -0.05) is 11.6 Å². The number of nitrogen functional groups attached to an aromatic ring is 1. The smallest absolute Gasteiger partial charge is 0.243 e. The van der Waals surface area contributed by atoms with Gasteiger partial charge >= 0.3 is 0 Å². The van der Waals surface area contributed by atoms with Gasteiger partial charge in [-0.2, -0.15) is 4.31 Å². The van der Waals surface area contributed by atoms with Gasteiger partial charge in [0.1, 0.15) is 0 Å². The molecule has 0 bridgehead atoms. The lowest BCUT2D eigenvalue weighted by atomic mass is 10.1. The van der Waals surface area contributed by atoms with Crippen molar-refractivity contribution in [3.63, 3.8) is 0 Å². The summed E-state index contributed by atoms with van der Waals surface area (Å²) in [6.45, 7) is 2.42. The molecule has 0 aliphatic carbocycles. The molecule has 0 saturated carbocycles. The molecule has 5 nitrogen and oxygen atoms in total. The molecule has 0 amide bonds. The summed E-state index contributed by atoms with van der Waals surface area (Å²) in [7, 11) is -3.52. The number of benzene rings is 1. The predicted octanol–water partition coefficient (Wildman–Crippen LogP) is 0.843. The van der Waals surface area contributed by atoms with E-state index in [-0.39, 0.29) is 23.1 Å². The average Bonchev–Trinajstić information content (AvgIpc) is 2.23. The first-order valence-corrected chi connectivity index (χ1v) is 7.34. The Morgan fingerprint density at radius 3 is 2.61 bits per heavy atom. The number of aryl methyl sites for hydroxylation is 1. The lowest BCUT2D eigenvalue weighted by Gasteiger charge is -2.37. The standard InChI is InChI=1S/C11H15ClN2O3S/c1-7-2-9(3-10(13)11(7)12)18(16,17)14-4-8(5-14)6-15/h2-3,8,15H,4-6,13H2,1H3. The van der Waals surface area contributed by atoms with Crippen molar-refractivity contribution in [2.24, 2.45) is 5.92 Å². The molecule has 1 aromatic carbocycles. The Hall–Kier alpha value is -0.820. The molecule has 0 radical (unpaired) electrons. The molecule has 1 aliphatic rings. The van der Waals surface area contributed by atoms with Crippen LogP contribution in [-0.2, 0) is 10.0 Å². The van der Waals surface area contributed by atoms with Crippen LogP contribution >= 0.6 is 11.6 Å². The van der Waals surface area contributed by atoms with Crippen molar-refractivity contribution in [1.82, 2.24) is 4.31 Å². The first kappa shape index (κ1) is 13.6. The van der Waals surface area contributed by atoms with Crippen LogP contribution in [0.25, 0.3) is 0 Å². The van der Waals surface area contributed by atoms with E-state index in [0.717, 1.165) is 0 Å². The molecule has 1 heterocycles. The molecular formula is C11H15ClN2O3S. The number of halogens is 1. The number of aliphatic hydroxyl groups is 1. The van der Waals surface area contributed by atoms with Gasteiger partial charge in [-0.05, 0) is 24.6 Å². The summed E-state index contributed by atoms with van der Waals surface area (Å²) in [4.78, 5) is 0.151. The maximum Gasteiger partial charge on any atom is 0.243 e. The molecule has 0 unspecified atom stereocenters. The maximum atomic E-state index is 12.2. The Bertz CT molecular complexity index is 545. The second-order valence-electron chi connectivity index (χ2n) is 4.51. The van der Waals surface area contributed by atoms with Gasteiger partial charge in [0.25, 0.3) is 0 Å². The number of hydrogen-bond donors (Lipinski definition) is 2. The summed E-state index contributed by atoms with van der Waals surface area (Å²) >= 11 is 5.91. The summed E-state index contributed by atoms with van der Waals surface area (Å²) in [5.41, 5.74) is 6.57. The lowest BCUT2D eigenvalue weighted by molar-refractivity contribution is 0.117.